The average molecular weight is 234 g/mol. The lowest BCUT2D eigenvalue weighted by Crippen LogP contribution is -2.39. The molecule has 2 nitrogen and oxygen atoms in total. The quantitative estimate of drug-likeness (QED) is 0.733. The van der Waals surface area contributed by atoms with Crippen molar-refractivity contribution in [1.29, 1.82) is 0 Å². The second-order valence-electron chi connectivity index (χ2n) is 6.19. The van der Waals surface area contributed by atoms with E-state index in [4.69, 9.17) is 5.73 Å². The molecule has 0 aromatic carbocycles. The van der Waals surface area contributed by atoms with E-state index in [-0.39, 0.29) is 0 Å². The lowest BCUT2D eigenvalue weighted by molar-refractivity contribution is 0.108. The zero-order valence-electron chi connectivity index (χ0n) is 10.9. The summed E-state index contributed by atoms with van der Waals surface area (Å²) in [6.07, 6.45) is 12.4. The zero-order chi connectivity index (χ0) is 11.7. The van der Waals surface area contributed by atoms with Crippen molar-refractivity contribution in [3.63, 3.8) is 0 Å². The molecule has 0 aromatic heterocycles. The Bertz CT molecular complexity index is 292. The third kappa shape index (κ3) is 1.77. The lowest BCUT2D eigenvalue weighted by atomic mass is 9.59. The molecule has 17 heavy (non-hydrogen) atoms. The summed E-state index contributed by atoms with van der Waals surface area (Å²) in [6.45, 7) is 3.11. The van der Waals surface area contributed by atoms with E-state index >= 15 is 0 Å². The highest BCUT2D eigenvalue weighted by Crippen LogP contribution is 2.61. The van der Waals surface area contributed by atoms with Gasteiger partial charge < -0.3 is 11.1 Å². The van der Waals surface area contributed by atoms with Gasteiger partial charge in [-0.15, -0.1) is 0 Å². The summed E-state index contributed by atoms with van der Waals surface area (Å²) in [6, 6.07) is 0. The van der Waals surface area contributed by atoms with Gasteiger partial charge in [0.2, 0.25) is 0 Å². The van der Waals surface area contributed by atoms with E-state index < -0.39 is 0 Å². The van der Waals surface area contributed by atoms with Gasteiger partial charge in [-0.1, -0.05) is 18.1 Å². The molecule has 96 valence electrons. The molecular weight excluding hydrogens is 208 g/mol. The van der Waals surface area contributed by atoms with Crippen molar-refractivity contribution in [3.05, 3.63) is 11.6 Å². The summed E-state index contributed by atoms with van der Waals surface area (Å²) >= 11 is 0. The Kier molecular flexibility index (Phi) is 3.27. The van der Waals surface area contributed by atoms with Crippen LogP contribution in [0.3, 0.4) is 0 Å². The standard InChI is InChI=1S/C15H26N2/c16-9-2-8-15(14-7-10-17-11-14)12-3-1-4-13(15)6-5-12/h7,12-13,17H,1-6,8-11,16H2. The first kappa shape index (κ1) is 11.7. The maximum absolute atomic E-state index is 5.78. The van der Waals surface area contributed by atoms with E-state index in [2.05, 4.69) is 11.4 Å². The van der Waals surface area contributed by atoms with Gasteiger partial charge in [0, 0.05) is 13.1 Å². The SMILES string of the molecule is NCCCC1(C2=CCNC2)C2CCCC1CC2. The van der Waals surface area contributed by atoms with E-state index in [0.717, 1.165) is 31.5 Å². The van der Waals surface area contributed by atoms with Crippen LogP contribution in [-0.4, -0.2) is 19.6 Å². The first-order chi connectivity index (χ1) is 8.38. The fraction of sp³-hybridized carbons (Fsp3) is 0.867. The highest BCUT2D eigenvalue weighted by molar-refractivity contribution is 5.26. The largest absolute Gasteiger partial charge is 0.330 e. The van der Waals surface area contributed by atoms with Crippen LogP contribution >= 0.6 is 0 Å². The summed E-state index contributed by atoms with van der Waals surface area (Å²) < 4.78 is 0. The molecule has 2 atom stereocenters. The normalized spacial score (nSPS) is 40.6. The molecule has 3 N–H and O–H groups in total. The maximum atomic E-state index is 5.78. The first-order valence-corrected chi connectivity index (χ1v) is 7.48. The molecule has 0 aromatic rings. The second-order valence-corrected chi connectivity index (χ2v) is 6.19. The van der Waals surface area contributed by atoms with Crippen LogP contribution in [0.15, 0.2) is 11.6 Å². The fourth-order valence-electron chi connectivity index (χ4n) is 4.98. The molecule has 1 aliphatic heterocycles. The zero-order valence-corrected chi connectivity index (χ0v) is 10.9. The summed E-state index contributed by atoms with van der Waals surface area (Å²) in [4.78, 5) is 0. The molecule has 0 spiro atoms. The monoisotopic (exact) mass is 234 g/mol. The van der Waals surface area contributed by atoms with E-state index in [0.29, 0.717) is 5.41 Å². The Labute approximate surface area is 105 Å². The Hall–Kier alpha value is -0.340. The number of nitrogens with one attached hydrogen (secondary N) is 1. The molecule has 3 rings (SSSR count). The minimum absolute atomic E-state index is 0.557. The van der Waals surface area contributed by atoms with E-state index in [1.54, 1.807) is 5.57 Å². The second kappa shape index (κ2) is 4.74. The van der Waals surface area contributed by atoms with Gasteiger partial charge in [-0.25, -0.2) is 0 Å². The van der Waals surface area contributed by atoms with Crippen LogP contribution in [-0.2, 0) is 0 Å². The van der Waals surface area contributed by atoms with Gasteiger partial charge in [-0.2, -0.15) is 0 Å². The van der Waals surface area contributed by atoms with Crippen molar-refractivity contribution < 1.29 is 0 Å². The maximum Gasteiger partial charge on any atom is 0.0173 e. The summed E-state index contributed by atoms with van der Waals surface area (Å²) in [7, 11) is 0. The third-order valence-corrected chi connectivity index (χ3v) is 5.63. The van der Waals surface area contributed by atoms with Crippen LogP contribution in [0, 0.1) is 17.3 Å². The van der Waals surface area contributed by atoms with Crippen molar-refractivity contribution in [1.82, 2.24) is 5.32 Å². The van der Waals surface area contributed by atoms with Crippen LogP contribution in [0.2, 0.25) is 0 Å². The van der Waals surface area contributed by atoms with Crippen LogP contribution in [0.1, 0.15) is 44.9 Å². The molecule has 2 fully saturated rings. The van der Waals surface area contributed by atoms with Gasteiger partial charge >= 0.3 is 0 Å². The van der Waals surface area contributed by atoms with Crippen molar-refractivity contribution in [2.45, 2.75) is 44.9 Å². The van der Waals surface area contributed by atoms with Gasteiger partial charge in [0.25, 0.3) is 0 Å². The van der Waals surface area contributed by atoms with Crippen LogP contribution in [0.4, 0.5) is 0 Å². The topological polar surface area (TPSA) is 38.0 Å². The predicted octanol–water partition coefficient (Wildman–Crippen LogP) is 2.45. The third-order valence-electron chi connectivity index (χ3n) is 5.63. The number of rotatable bonds is 4. The number of nitrogens with two attached hydrogens (primary N) is 1. The first-order valence-electron chi connectivity index (χ1n) is 7.48. The van der Waals surface area contributed by atoms with E-state index in [1.165, 1.54) is 44.9 Å². The van der Waals surface area contributed by atoms with E-state index in [1.807, 2.05) is 0 Å². The predicted molar refractivity (Wildman–Crippen MR) is 71.7 cm³/mol. The van der Waals surface area contributed by atoms with Crippen molar-refractivity contribution in [2.75, 3.05) is 19.6 Å². The Balaban J connectivity index is 1.90. The Morgan fingerprint density at radius 3 is 2.59 bits per heavy atom. The Morgan fingerprint density at radius 2 is 2.00 bits per heavy atom. The smallest absolute Gasteiger partial charge is 0.0173 e. The van der Waals surface area contributed by atoms with Crippen molar-refractivity contribution >= 4 is 0 Å². The summed E-state index contributed by atoms with van der Waals surface area (Å²) in [5, 5.41) is 3.52. The highest BCUT2D eigenvalue weighted by atomic mass is 14.9. The molecule has 0 amide bonds. The van der Waals surface area contributed by atoms with Gasteiger partial charge in [0.1, 0.15) is 0 Å². The van der Waals surface area contributed by atoms with Gasteiger partial charge in [-0.3, -0.25) is 0 Å². The molecule has 2 unspecified atom stereocenters. The minimum atomic E-state index is 0.557. The molecule has 2 saturated carbocycles. The molecule has 1 heterocycles. The molecule has 2 heteroatoms. The lowest BCUT2D eigenvalue weighted by Gasteiger charge is -2.46. The Morgan fingerprint density at radius 1 is 1.24 bits per heavy atom. The molecule has 0 saturated heterocycles. The summed E-state index contributed by atoms with van der Waals surface area (Å²) in [5.74, 6) is 1.94. The van der Waals surface area contributed by atoms with Gasteiger partial charge in [0.15, 0.2) is 0 Å². The van der Waals surface area contributed by atoms with Crippen molar-refractivity contribution in [2.24, 2.45) is 23.0 Å². The van der Waals surface area contributed by atoms with Crippen LogP contribution < -0.4 is 11.1 Å². The molecule has 0 radical (unpaired) electrons. The average Bonchev–Trinajstić information content (AvgIpc) is 2.91. The fourth-order valence-corrected chi connectivity index (χ4v) is 4.98. The molecular formula is C15H26N2. The van der Waals surface area contributed by atoms with Crippen molar-refractivity contribution in [3.8, 4) is 0 Å². The number of fused-ring (bicyclic) bond motifs is 2. The number of hydrogen-bond acceptors (Lipinski definition) is 2. The minimum Gasteiger partial charge on any atom is -0.330 e. The van der Waals surface area contributed by atoms with E-state index in [9.17, 15) is 0 Å². The van der Waals surface area contributed by atoms with Gasteiger partial charge in [0.05, 0.1) is 0 Å². The molecule has 2 aliphatic carbocycles. The molecule has 3 aliphatic rings. The van der Waals surface area contributed by atoms with Crippen LogP contribution in [0.5, 0.6) is 0 Å². The van der Waals surface area contributed by atoms with Gasteiger partial charge in [-0.05, 0) is 62.3 Å². The molecule has 2 bridgehead atoms. The highest BCUT2D eigenvalue weighted by Gasteiger charge is 2.53. The van der Waals surface area contributed by atoms with Crippen LogP contribution in [0.25, 0.3) is 0 Å². The summed E-state index contributed by atoms with van der Waals surface area (Å²) in [5.41, 5.74) is 8.08. The number of hydrogen-bond donors (Lipinski definition) is 2.